The molecule has 0 unspecified atom stereocenters. The first-order chi connectivity index (χ1) is 14.4. The Hall–Kier alpha value is -2.97. The minimum atomic E-state index is -0.576. The summed E-state index contributed by atoms with van der Waals surface area (Å²) in [6.07, 6.45) is 0. The summed E-state index contributed by atoms with van der Waals surface area (Å²) in [5.74, 6) is -1.62. The topological polar surface area (TPSA) is 81.7 Å². The van der Waals surface area contributed by atoms with Crippen LogP contribution in [0.15, 0.2) is 41.1 Å². The minimum Gasteiger partial charge on any atom is -0.462 e. The van der Waals surface area contributed by atoms with Crippen molar-refractivity contribution in [1.82, 2.24) is 0 Å². The fourth-order valence-corrected chi connectivity index (χ4v) is 4.73. The molecule has 0 aliphatic carbocycles. The quantitative estimate of drug-likeness (QED) is 0.516. The molecule has 6 nitrogen and oxygen atoms in total. The molecular formula is C22H21NO5S2. The number of nitrogens with one attached hydrogen (secondary N) is 1. The SMILES string of the molecule is CCOC(=O)c1c(-c2cccs2)csc1NC(=O)COC(=O)c1cc(C)cc(C)c1. The highest BCUT2D eigenvalue weighted by Gasteiger charge is 2.23. The van der Waals surface area contributed by atoms with E-state index in [1.807, 2.05) is 37.4 Å². The number of carbonyl (C=O) groups is 3. The fraction of sp³-hybridized carbons (Fsp3) is 0.227. The van der Waals surface area contributed by atoms with E-state index in [9.17, 15) is 14.4 Å². The number of amides is 1. The van der Waals surface area contributed by atoms with E-state index in [0.717, 1.165) is 16.0 Å². The van der Waals surface area contributed by atoms with Crippen LogP contribution in [0.3, 0.4) is 0 Å². The monoisotopic (exact) mass is 443 g/mol. The van der Waals surface area contributed by atoms with Gasteiger partial charge >= 0.3 is 11.9 Å². The molecule has 156 valence electrons. The van der Waals surface area contributed by atoms with Crippen molar-refractivity contribution in [3.63, 3.8) is 0 Å². The summed E-state index contributed by atoms with van der Waals surface area (Å²) in [4.78, 5) is 38.0. The molecule has 0 radical (unpaired) electrons. The summed E-state index contributed by atoms with van der Waals surface area (Å²) in [6, 6.07) is 9.14. The first-order valence-corrected chi connectivity index (χ1v) is 11.0. The highest BCUT2D eigenvalue weighted by molar-refractivity contribution is 7.17. The number of anilines is 1. The summed E-state index contributed by atoms with van der Waals surface area (Å²) in [5, 5.41) is 6.74. The van der Waals surface area contributed by atoms with Crippen LogP contribution in [0, 0.1) is 13.8 Å². The van der Waals surface area contributed by atoms with Crippen LogP contribution in [0.4, 0.5) is 5.00 Å². The van der Waals surface area contributed by atoms with Crippen molar-refractivity contribution in [3.8, 4) is 10.4 Å². The van der Waals surface area contributed by atoms with Gasteiger partial charge in [0.1, 0.15) is 10.6 Å². The summed E-state index contributed by atoms with van der Waals surface area (Å²) in [5.41, 5.74) is 3.27. The predicted molar refractivity (Wildman–Crippen MR) is 118 cm³/mol. The summed E-state index contributed by atoms with van der Waals surface area (Å²) < 4.78 is 10.3. The number of esters is 2. The molecule has 1 N–H and O–H groups in total. The second-order valence-electron chi connectivity index (χ2n) is 6.55. The molecule has 0 spiro atoms. The van der Waals surface area contributed by atoms with Gasteiger partial charge in [-0.25, -0.2) is 9.59 Å². The van der Waals surface area contributed by atoms with Crippen LogP contribution < -0.4 is 5.32 Å². The van der Waals surface area contributed by atoms with Crippen LogP contribution in [-0.2, 0) is 14.3 Å². The second kappa shape index (κ2) is 9.69. The third-order valence-corrected chi connectivity index (χ3v) is 5.90. The Bertz CT molecular complexity index is 1050. The molecule has 30 heavy (non-hydrogen) atoms. The lowest BCUT2D eigenvalue weighted by atomic mass is 10.1. The molecule has 0 saturated carbocycles. The number of thiophene rings is 2. The Morgan fingerprint density at radius 3 is 2.37 bits per heavy atom. The van der Waals surface area contributed by atoms with Crippen molar-refractivity contribution in [1.29, 1.82) is 0 Å². The van der Waals surface area contributed by atoms with Crippen molar-refractivity contribution in [2.75, 3.05) is 18.5 Å². The maximum atomic E-state index is 12.5. The first kappa shape index (κ1) is 21.7. The van der Waals surface area contributed by atoms with E-state index >= 15 is 0 Å². The van der Waals surface area contributed by atoms with Crippen molar-refractivity contribution >= 4 is 45.5 Å². The summed E-state index contributed by atoms with van der Waals surface area (Å²) in [7, 11) is 0. The van der Waals surface area contributed by atoms with Gasteiger partial charge in [0.05, 0.1) is 12.2 Å². The highest BCUT2D eigenvalue weighted by Crippen LogP contribution is 2.38. The number of hydrogen-bond donors (Lipinski definition) is 1. The van der Waals surface area contributed by atoms with Crippen LogP contribution in [0.25, 0.3) is 10.4 Å². The van der Waals surface area contributed by atoms with E-state index < -0.39 is 24.5 Å². The van der Waals surface area contributed by atoms with Gasteiger partial charge in [-0.15, -0.1) is 22.7 Å². The Morgan fingerprint density at radius 1 is 1.00 bits per heavy atom. The molecule has 2 heterocycles. The average Bonchev–Trinajstić information content (AvgIpc) is 3.35. The molecule has 1 aromatic carbocycles. The van der Waals surface area contributed by atoms with Crippen LogP contribution in [0.5, 0.6) is 0 Å². The number of benzene rings is 1. The fourth-order valence-electron chi connectivity index (χ4n) is 2.94. The molecule has 0 bridgehead atoms. The van der Waals surface area contributed by atoms with E-state index in [-0.39, 0.29) is 6.61 Å². The van der Waals surface area contributed by atoms with Gasteiger partial charge in [-0.2, -0.15) is 0 Å². The van der Waals surface area contributed by atoms with Gasteiger partial charge in [0, 0.05) is 15.8 Å². The molecule has 0 atom stereocenters. The third kappa shape index (κ3) is 5.14. The van der Waals surface area contributed by atoms with Crippen molar-refractivity contribution in [3.05, 3.63) is 63.3 Å². The van der Waals surface area contributed by atoms with Crippen molar-refractivity contribution < 1.29 is 23.9 Å². The first-order valence-electron chi connectivity index (χ1n) is 9.26. The second-order valence-corrected chi connectivity index (χ2v) is 8.38. The van der Waals surface area contributed by atoms with E-state index in [0.29, 0.717) is 21.7 Å². The lowest BCUT2D eigenvalue weighted by Gasteiger charge is -2.09. The Labute approximate surface area is 182 Å². The van der Waals surface area contributed by atoms with Crippen LogP contribution in [0.1, 0.15) is 38.8 Å². The van der Waals surface area contributed by atoms with Crippen LogP contribution in [-0.4, -0.2) is 31.1 Å². The highest BCUT2D eigenvalue weighted by atomic mass is 32.1. The molecular weight excluding hydrogens is 422 g/mol. The molecule has 0 saturated heterocycles. The zero-order chi connectivity index (χ0) is 21.7. The normalized spacial score (nSPS) is 10.5. The van der Waals surface area contributed by atoms with Gasteiger partial charge < -0.3 is 14.8 Å². The van der Waals surface area contributed by atoms with Gasteiger partial charge in [-0.3, -0.25) is 4.79 Å². The smallest absolute Gasteiger partial charge is 0.341 e. The van der Waals surface area contributed by atoms with Gasteiger partial charge in [0.25, 0.3) is 5.91 Å². The van der Waals surface area contributed by atoms with Crippen LogP contribution >= 0.6 is 22.7 Å². The van der Waals surface area contributed by atoms with E-state index in [1.54, 1.807) is 24.4 Å². The van der Waals surface area contributed by atoms with Crippen LogP contribution in [0.2, 0.25) is 0 Å². The molecule has 3 aromatic rings. The average molecular weight is 444 g/mol. The molecule has 2 aromatic heterocycles. The molecule has 3 rings (SSSR count). The number of rotatable bonds is 7. The van der Waals surface area contributed by atoms with E-state index in [4.69, 9.17) is 9.47 Å². The minimum absolute atomic E-state index is 0.222. The van der Waals surface area contributed by atoms with Gasteiger partial charge in [-0.05, 0) is 44.4 Å². The molecule has 1 amide bonds. The Morgan fingerprint density at radius 2 is 1.73 bits per heavy atom. The number of carbonyl (C=O) groups excluding carboxylic acids is 3. The largest absolute Gasteiger partial charge is 0.462 e. The summed E-state index contributed by atoms with van der Waals surface area (Å²) in [6.45, 7) is 5.25. The number of hydrogen-bond acceptors (Lipinski definition) is 7. The number of ether oxygens (including phenoxy) is 2. The zero-order valence-electron chi connectivity index (χ0n) is 16.8. The molecule has 0 aliphatic heterocycles. The summed E-state index contributed by atoms with van der Waals surface area (Å²) >= 11 is 2.71. The van der Waals surface area contributed by atoms with Gasteiger partial charge in [0.15, 0.2) is 6.61 Å². The standard InChI is InChI=1S/C22H21NO5S2/c1-4-27-22(26)19-16(17-6-5-7-29-17)12-30-20(19)23-18(24)11-28-21(25)15-9-13(2)8-14(3)10-15/h5-10,12H,4,11H2,1-3H3,(H,23,24). The van der Waals surface area contributed by atoms with Gasteiger partial charge in [-0.1, -0.05) is 23.3 Å². The lowest BCUT2D eigenvalue weighted by molar-refractivity contribution is -0.119. The van der Waals surface area contributed by atoms with Crippen molar-refractivity contribution in [2.45, 2.75) is 20.8 Å². The van der Waals surface area contributed by atoms with Gasteiger partial charge in [0.2, 0.25) is 0 Å². The maximum absolute atomic E-state index is 12.5. The molecule has 0 fully saturated rings. The van der Waals surface area contributed by atoms with Crippen molar-refractivity contribution in [2.24, 2.45) is 0 Å². The lowest BCUT2D eigenvalue weighted by Crippen LogP contribution is -2.21. The molecule has 0 aliphatic rings. The predicted octanol–water partition coefficient (Wildman–Crippen LogP) is 5.07. The third-order valence-electron chi connectivity index (χ3n) is 4.10. The molecule has 8 heteroatoms. The number of aryl methyl sites for hydroxylation is 2. The van der Waals surface area contributed by atoms with E-state index in [1.165, 1.54) is 22.7 Å². The maximum Gasteiger partial charge on any atom is 0.341 e. The Balaban J connectivity index is 1.72. The zero-order valence-corrected chi connectivity index (χ0v) is 18.4. The van der Waals surface area contributed by atoms with E-state index in [2.05, 4.69) is 5.32 Å². The Kier molecular flexibility index (Phi) is 7.02.